The Bertz CT molecular complexity index is 205. The number of rotatable bonds is 7. The SMILES string of the molecule is CCCCN1CCC(NC(CC)C2CC2)CC1. The Hall–Kier alpha value is -0.0800. The van der Waals surface area contributed by atoms with E-state index in [1.807, 2.05) is 0 Å². The third-order valence-corrected chi connectivity index (χ3v) is 4.50. The molecular formula is C15H30N2. The van der Waals surface area contributed by atoms with Crippen molar-refractivity contribution in [2.24, 2.45) is 5.92 Å². The molecule has 0 aromatic heterocycles. The number of hydrogen-bond acceptors (Lipinski definition) is 2. The second kappa shape index (κ2) is 6.75. The van der Waals surface area contributed by atoms with Crippen molar-refractivity contribution in [3.8, 4) is 0 Å². The lowest BCUT2D eigenvalue weighted by atomic mass is 10.0. The van der Waals surface area contributed by atoms with Crippen molar-refractivity contribution >= 4 is 0 Å². The number of unbranched alkanes of at least 4 members (excludes halogenated alkanes) is 1. The summed E-state index contributed by atoms with van der Waals surface area (Å²) in [6.07, 6.45) is 9.71. The fourth-order valence-corrected chi connectivity index (χ4v) is 3.09. The van der Waals surface area contributed by atoms with Crippen LogP contribution < -0.4 is 5.32 Å². The molecule has 0 radical (unpaired) electrons. The highest BCUT2D eigenvalue weighted by molar-refractivity contribution is 4.89. The number of likely N-dealkylation sites (tertiary alicyclic amines) is 1. The summed E-state index contributed by atoms with van der Waals surface area (Å²) < 4.78 is 0. The van der Waals surface area contributed by atoms with Gasteiger partial charge in [-0.15, -0.1) is 0 Å². The van der Waals surface area contributed by atoms with Gasteiger partial charge in [0.15, 0.2) is 0 Å². The zero-order valence-electron chi connectivity index (χ0n) is 11.8. The molecule has 2 fully saturated rings. The summed E-state index contributed by atoms with van der Waals surface area (Å²) in [5.41, 5.74) is 0. The quantitative estimate of drug-likeness (QED) is 0.733. The summed E-state index contributed by atoms with van der Waals surface area (Å²) in [4.78, 5) is 2.65. The zero-order chi connectivity index (χ0) is 12.1. The molecule has 1 saturated heterocycles. The summed E-state index contributed by atoms with van der Waals surface area (Å²) in [6, 6.07) is 1.63. The molecule has 1 aliphatic heterocycles. The van der Waals surface area contributed by atoms with Gasteiger partial charge < -0.3 is 10.2 Å². The van der Waals surface area contributed by atoms with E-state index in [-0.39, 0.29) is 0 Å². The first-order valence-electron chi connectivity index (χ1n) is 7.81. The van der Waals surface area contributed by atoms with Gasteiger partial charge in [0.05, 0.1) is 0 Å². The summed E-state index contributed by atoms with van der Waals surface area (Å²) in [7, 11) is 0. The van der Waals surface area contributed by atoms with Crippen LogP contribution >= 0.6 is 0 Å². The van der Waals surface area contributed by atoms with Crippen LogP contribution in [-0.4, -0.2) is 36.6 Å². The molecule has 1 atom stereocenters. The van der Waals surface area contributed by atoms with Crippen molar-refractivity contribution in [2.75, 3.05) is 19.6 Å². The van der Waals surface area contributed by atoms with Crippen LogP contribution in [0.4, 0.5) is 0 Å². The maximum absolute atomic E-state index is 3.92. The van der Waals surface area contributed by atoms with Crippen molar-refractivity contribution < 1.29 is 0 Å². The predicted octanol–water partition coefficient (Wildman–Crippen LogP) is 3.03. The Kier molecular flexibility index (Phi) is 5.30. The molecule has 2 aliphatic rings. The lowest BCUT2D eigenvalue weighted by molar-refractivity contribution is 0.185. The Morgan fingerprint density at radius 2 is 1.82 bits per heavy atom. The van der Waals surface area contributed by atoms with Crippen LogP contribution in [0.5, 0.6) is 0 Å². The van der Waals surface area contributed by atoms with Gasteiger partial charge in [-0.25, -0.2) is 0 Å². The molecule has 17 heavy (non-hydrogen) atoms. The number of piperidine rings is 1. The largest absolute Gasteiger partial charge is 0.311 e. The van der Waals surface area contributed by atoms with Gasteiger partial charge in [-0.3, -0.25) is 0 Å². The molecule has 100 valence electrons. The maximum atomic E-state index is 3.92. The van der Waals surface area contributed by atoms with Gasteiger partial charge in [-0.1, -0.05) is 20.3 Å². The van der Waals surface area contributed by atoms with Crippen LogP contribution in [0.25, 0.3) is 0 Å². The van der Waals surface area contributed by atoms with E-state index in [1.165, 1.54) is 64.6 Å². The van der Waals surface area contributed by atoms with Crippen molar-refractivity contribution in [1.29, 1.82) is 0 Å². The molecule has 2 rings (SSSR count). The molecule has 2 nitrogen and oxygen atoms in total. The molecule has 0 bridgehead atoms. The van der Waals surface area contributed by atoms with Crippen LogP contribution in [0.3, 0.4) is 0 Å². The molecule has 0 aromatic carbocycles. The average Bonchev–Trinajstić information content (AvgIpc) is 3.19. The van der Waals surface area contributed by atoms with E-state index < -0.39 is 0 Å². The minimum absolute atomic E-state index is 0.804. The highest BCUT2D eigenvalue weighted by atomic mass is 15.1. The molecule has 1 unspecified atom stereocenters. The first-order chi connectivity index (χ1) is 8.33. The second-order valence-electron chi connectivity index (χ2n) is 5.99. The van der Waals surface area contributed by atoms with Crippen LogP contribution in [0.2, 0.25) is 0 Å². The summed E-state index contributed by atoms with van der Waals surface area (Å²) in [6.45, 7) is 8.59. The molecule has 0 spiro atoms. The fraction of sp³-hybridized carbons (Fsp3) is 1.00. The van der Waals surface area contributed by atoms with E-state index in [2.05, 4.69) is 24.1 Å². The molecule has 0 amide bonds. The van der Waals surface area contributed by atoms with E-state index in [0.29, 0.717) is 0 Å². The maximum Gasteiger partial charge on any atom is 0.00953 e. The second-order valence-corrected chi connectivity index (χ2v) is 5.99. The van der Waals surface area contributed by atoms with Crippen molar-refractivity contribution in [3.05, 3.63) is 0 Å². The van der Waals surface area contributed by atoms with E-state index in [1.54, 1.807) is 0 Å². The van der Waals surface area contributed by atoms with Gasteiger partial charge in [-0.2, -0.15) is 0 Å². The molecule has 1 saturated carbocycles. The van der Waals surface area contributed by atoms with Crippen molar-refractivity contribution in [2.45, 2.75) is 70.9 Å². The Balaban J connectivity index is 1.64. The molecular weight excluding hydrogens is 208 g/mol. The highest BCUT2D eigenvalue weighted by Crippen LogP contribution is 2.34. The zero-order valence-corrected chi connectivity index (χ0v) is 11.8. The van der Waals surface area contributed by atoms with Crippen LogP contribution in [0, 0.1) is 5.92 Å². The lowest BCUT2D eigenvalue weighted by Crippen LogP contribution is -2.46. The monoisotopic (exact) mass is 238 g/mol. The molecule has 1 aliphatic carbocycles. The number of nitrogens with zero attached hydrogens (tertiary/aromatic N) is 1. The van der Waals surface area contributed by atoms with Gasteiger partial charge in [-0.05, 0) is 64.1 Å². The summed E-state index contributed by atoms with van der Waals surface area (Å²) in [5, 5.41) is 3.92. The Labute approximate surface area is 107 Å². The smallest absolute Gasteiger partial charge is 0.00953 e. The first-order valence-corrected chi connectivity index (χ1v) is 7.81. The van der Waals surface area contributed by atoms with Gasteiger partial charge in [0.1, 0.15) is 0 Å². The standard InChI is InChI=1S/C15H30N2/c1-3-5-10-17-11-8-14(9-12-17)16-15(4-2)13-6-7-13/h13-16H,3-12H2,1-2H3. The molecule has 2 heteroatoms. The van der Waals surface area contributed by atoms with Crippen molar-refractivity contribution in [1.82, 2.24) is 10.2 Å². The van der Waals surface area contributed by atoms with Gasteiger partial charge in [0.25, 0.3) is 0 Å². The molecule has 1 heterocycles. The van der Waals surface area contributed by atoms with Gasteiger partial charge in [0.2, 0.25) is 0 Å². The molecule has 1 N–H and O–H groups in total. The third kappa shape index (κ3) is 4.26. The third-order valence-electron chi connectivity index (χ3n) is 4.50. The van der Waals surface area contributed by atoms with Crippen molar-refractivity contribution in [3.63, 3.8) is 0 Å². The summed E-state index contributed by atoms with van der Waals surface area (Å²) in [5.74, 6) is 1.01. The normalized spacial score (nSPS) is 25.1. The number of hydrogen-bond donors (Lipinski definition) is 1. The number of nitrogens with one attached hydrogen (secondary N) is 1. The topological polar surface area (TPSA) is 15.3 Å². The minimum Gasteiger partial charge on any atom is -0.311 e. The molecule has 0 aromatic rings. The fourth-order valence-electron chi connectivity index (χ4n) is 3.09. The van der Waals surface area contributed by atoms with E-state index in [0.717, 1.165) is 18.0 Å². The van der Waals surface area contributed by atoms with Crippen LogP contribution in [0.1, 0.15) is 58.8 Å². The van der Waals surface area contributed by atoms with E-state index >= 15 is 0 Å². The van der Waals surface area contributed by atoms with Crippen LogP contribution in [0.15, 0.2) is 0 Å². The van der Waals surface area contributed by atoms with E-state index in [9.17, 15) is 0 Å². The van der Waals surface area contributed by atoms with Gasteiger partial charge >= 0.3 is 0 Å². The van der Waals surface area contributed by atoms with E-state index in [4.69, 9.17) is 0 Å². The predicted molar refractivity (Wildman–Crippen MR) is 74.3 cm³/mol. The summed E-state index contributed by atoms with van der Waals surface area (Å²) >= 11 is 0. The van der Waals surface area contributed by atoms with Crippen LogP contribution in [-0.2, 0) is 0 Å². The average molecular weight is 238 g/mol. The lowest BCUT2D eigenvalue weighted by Gasteiger charge is -2.34. The van der Waals surface area contributed by atoms with Gasteiger partial charge in [0, 0.05) is 12.1 Å². The Morgan fingerprint density at radius 3 is 2.35 bits per heavy atom. The first kappa shape index (κ1) is 13.4. The minimum atomic E-state index is 0.804. The Morgan fingerprint density at radius 1 is 1.12 bits per heavy atom. The highest BCUT2D eigenvalue weighted by Gasteiger charge is 2.31.